The Morgan fingerprint density at radius 3 is 2.28 bits per heavy atom. The van der Waals surface area contributed by atoms with Crippen molar-refractivity contribution in [2.24, 2.45) is 0 Å². The molecule has 1 saturated heterocycles. The molecule has 0 aromatic heterocycles. The van der Waals surface area contributed by atoms with Gasteiger partial charge in [-0.3, -0.25) is 4.90 Å². The van der Waals surface area contributed by atoms with E-state index in [9.17, 15) is 5.11 Å². The molecule has 2 heteroatoms. The Morgan fingerprint density at radius 2 is 1.83 bits per heavy atom. The second-order valence-electron chi connectivity index (χ2n) is 5.89. The minimum Gasteiger partial charge on any atom is -0.392 e. The van der Waals surface area contributed by atoms with Gasteiger partial charge in [-0.15, -0.1) is 0 Å². The zero-order valence-electron chi connectivity index (χ0n) is 11.5. The van der Waals surface area contributed by atoms with Gasteiger partial charge in [0.15, 0.2) is 0 Å². The first kappa shape index (κ1) is 13.1. The van der Waals surface area contributed by atoms with Crippen molar-refractivity contribution in [2.45, 2.75) is 51.4 Å². The maximum Gasteiger partial charge on any atom is 0.0910 e. The molecule has 1 N–H and O–H groups in total. The highest BCUT2D eigenvalue weighted by molar-refractivity contribution is 5.38. The molecule has 2 rings (SSSR count). The predicted octanol–water partition coefficient (Wildman–Crippen LogP) is 2.27. The Kier molecular flexibility index (Phi) is 3.47. The smallest absolute Gasteiger partial charge is 0.0910 e. The highest BCUT2D eigenvalue weighted by Crippen LogP contribution is 2.38. The predicted molar refractivity (Wildman–Crippen MR) is 74.2 cm³/mol. The first-order chi connectivity index (χ1) is 8.41. The Labute approximate surface area is 110 Å². The molecule has 1 aliphatic rings. The van der Waals surface area contributed by atoms with Crippen molar-refractivity contribution in [3.05, 3.63) is 35.9 Å². The summed E-state index contributed by atoms with van der Waals surface area (Å²) in [5.41, 5.74) is 1.08. The summed E-state index contributed by atoms with van der Waals surface area (Å²) in [5.74, 6) is 6.47. The Bertz CT molecular complexity index is 461. The molecule has 0 aliphatic carbocycles. The zero-order chi connectivity index (χ0) is 13.3. The van der Waals surface area contributed by atoms with Crippen LogP contribution in [0.4, 0.5) is 0 Å². The van der Waals surface area contributed by atoms with Crippen LogP contribution in [0.25, 0.3) is 0 Å². The fraction of sp³-hybridized carbons (Fsp3) is 0.500. The topological polar surface area (TPSA) is 23.2 Å². The van der Waals surface area contributed by atoms with Gasteiger partial charge >= 0.3 is 0 Å². The SMILES string of the molecule is C[C@@H](O)[C@@H]1[C@H](C#Cc2ccccc2)N1C(C)(C)C. The van der Waals surface area contributed by atoms with Crippen LogP contribution in [-0.4, -0.2) is 33.7 Å². The molecule has 1 heterocycles. The zero-order valence-corrected chi connectivity index (χ0v) is 11.5. The van der Waals surface area contributed by atoms with Crippen molar-refractivity contribution in [3.8, 4) is 11.8 Å². The largest absolute Gasteiger partial charge is 0.392 e. The van der Waals surface area contributed by atoms with Gasteiger partial charge in [0.2, 0.25) is 0 Å². The molecule has 1 fully saturated rings. The van der Waals surface area contributed by atoms with Crippen molar-refractivity contribution in [2.75, 3.05) is 0 Å². The van der Waals surface area contributed by atoms with Crippen molar-refractivity contribution in [1.29, 1.82) is 0 Å². The first-order valence-electron chi connectivity index (χ1n) is 6.44. The number of hydrogen-bond donors (Lipinski definition) is 1. The fourth-order valence-corrected chi connectivity index (χ4v) is 2.44. The van der Waals surface area contributed by atoms with Crippen LogP contribution >= 0.6 is 0 Å². The minimum absolute atomic E-state index is 0.0533. The summed E-state index contributed by atoms with van der Waals surface area (Å²) in [4.78, 5) is 2.27. The fourth-order valence-electron chi connectivity index (χ4n) is 2.44. The molecule has 0 radical (unpaired) electrons. The van der Waals surface area contributed by atoms with E-state index >= 15 is 0 Å². The van der Waals surface area contributed by atoms with Gasteiger partial charge in [0.25, 0.3) is 0 Å². The van der Waals surface area contributed by atoms with Gasteiger partial charge in [-0.1, -0.05) is 30.0 Å². The van der Waals surface area contributed by atoms with Crippen LogP contribution in [-0.2, 0) is 0 Å². The van der Waals surface area contributed by atoms with Crippen LogP contribution < -0.4 is 0 Å². The second-order valence-corrected chi connectivity index (χ2v) is 5.89. The molecule has 1 aromatic carbocycles. The summed E-state index contributed by atoms with van der Waals surface area (Å²) in [6, 6.07) is 10.3. The molecule has 1 unspecified atom stereocenters. The highest BCUT2D eigenvalue weighted by Gasteiger charge is 2.54. The van der Waals surface area contributed by atoms with Gasteiger partial charge in [-0.25, -0.2) is 0 Å². The lowest BCUT2D eigenvalue weighted by Gasteiger charge is -2.22. The van der Waals surface area contributed by atoms with Crippen molar-refractivity contribution in [3.63, 3.8) is 0 Å². The highest BCUT2D eigenvalue weighted by atomic mass is 16.3. The summed E-state index contributed by atoms with van der Waals surface area (Å²) >= 11 is 0. The molecular weight excluding hydrogens is 222 g/mol. The minimum atomic E-state index is -0.334. The second kappa shape index (κ2) is 4.76. The van der Waals surface area contributed by atoms with Crippen molar-refractivity contribution in [1.82, 2.24) is 4.90 Å². The van der Waals surface area contributed by atoms with Crippen LogP contribution in [0.5, 0.6) is 0 Å². The number of hydrogen-bond acceptors (Lipinski definition) is 2. The molecule has 18 heavy (non-hydrogen) atoms. The van der Waals surface area contributed by atoms with Crippen molar-refractivity contribution >= 4 is 0 Å². The quantitative estimate of drug-likeness (QED) is 0.604. The average Bonchev–Trinajstić information content (AvgIpc) is 3.02. The Balaban J connectivity index is 2.13. The molecule has 0 saturated carbocycles. The molecule has 2 nitrogen and oxygen atoms in total. The molecule has 1 aromatic rings. The first-order valence-corrected chi connectivity index (χ1v) is 6.44. The maximum atomic E-state index is 9.78. The van der Waals surface area contributed by atoms with E-state index in [1.54, 1.807) is 0 Å². The number of benzene rings is 1. The standard InChI is InChI=1S/C16H21NO/c1-12(18)15-14(17(15)16(2,3)4)11-10-13-8-6-5-7-9-13/h5-9,12,14-15,18H,1-4H3/t12-,14+,15-,17?/m1/s1. The normalized spacial score (nSPS) is 28.2. The van der Waals surface area contributed by atoms with E-state index in [4.69, 9.17) is 0 Å². The number of aliphatic hydroxyl groups excluding tert-OH is 1. The van der Waals surface area contributed by atoms with Gasteiger partial charge in [0.1, 0.15) is 0 Å². The van der Waals surface area contributed by atoms with Crippen LogP contribution in [0.2, 0.25) is 0 Å². The summed E-state index contributed by atoms with van der Waals surface area (Å²) < 4.78 is 0. The van der Waals surface area contributed by atoms with Gasteiger partial charge in [0, 0.05) is 11.1 Å². The molecule has 0 amide bonds. The third kappa shape index (κ3) is 2.75. The van der Waals surface area contributed by atoms with E-state index in [1.165, 1.54) is 0 Å². The summed E-state index contributed by atoms with van der Waals surface area (Å²) in [5, 5.41) is 9.78. The number of nitrogens with zero attached hydrogens (tertiary/aromatic N) is 1. The number of rotatable bonds is 1. The maximum absolute atomic E-state index is 9.78. The molecular formula is C16H21NO. The van der Waals surface area contributed by atoms with E-state index in [2.05, 4.69) is 37.5 Å². The van der Waals surface area contributed by atoms with Crippen LogP contribution in [0.3, 0.4) is 0 Å². The Morgan fingerprint density at radius 1 is 1.22 bits per heavy atom. The number of aliphatic hydroxyl groups is 1. The van der Waals surface area contributed by atoms with E-state index in [-0.39, 0.29) is 23.7 Å². The monoisotopic (exact) mass is 243 g/mol. The van der Waals surface area contributed by atoms with Crippen molar-refractivity contribution < 1.29 is 5.11 Å². The molecule has 4 atom stereocenters. The van der Waals surface area contributed by atoms with Crippen LogP contribution in [0, 0.1) is 11.8 Å². The Hall–Kier alpha value is -1.30. The van der Waals surface area contributed by atoms with Crippen LogP contribution in [0.1, 0.15) is 33.3 Å². The molecule has 0 bridgehead atoms. The lowest BCUT2D eigenvalue weighted by Crippen LogP contribution is -2.30. The summed E-state index contributed by atoms with van der Waals surface area (Å²) in [6.07, 6.45) is -0.334. The van der Waals surface area contributed by atoms with E-state index in [0.29, 0.717) is 0 Å². The van der Waals surface area contributed by atoms with Gasteiger partial charge in [0.05, 0.1) is 18.2 Å². The summed E-state index contributed by atoms with van der Waals surface area (Å²) in [7, 11) is 0. The van der Waals surface area contributed by atoms with E-state index in [0.717, 1.165) is 5.56 Å². The van der Waals surface area contributed by atoms with E-state index in [1.807, 2.05) is 37.3 Å². The van der Waals surface area contributed by atoms with Gasteiger partial charge in [-0.2, -0.15) is 0 Å². The molecule has 96 valence electrons. The lowest BCUT2D eigenvalue weighted by atomic mass is 10.1. The van der Waals surface area contributed by atoms with Gasteiger partial charge < -0.3 is 5.11 Å². The lowest BCUT2D eigenvalue weighted by molar-refractivity contribution is 0.151. The molecule has 1 aliphatic heterocycles. The summed E-state index contributed by atoms with van der Waals surface area (Å²) in [6.45, 7) is 8.32. The average molecular weight is 243 g/mol. The third-order valence-corrected chi connectivity index (χ3v) is 3.26. The third-order valence-electron chi connectivity index (χ3n) is 3.26. The molecule has 0 spiro atoms. The van der Waals surface area contributed by atoms with Gasteiger partial charge in [-0.05, 0) is 39.8 Å². The van der Waals surface area contributed by atoms with Crippen LogP contribution in [0.15, 0.2) is 30.3 Å². The van der Waals surface area contributed by atoms with E-state index < -0.39 is 0 Å².